The predicted octanol–water partition coefficient (Wildman–Crippen LogP) is 4.75. The zero-order valence-corrected chi connectivity index (χ0v) is 15.9. The molecule has 0 bridgehead atoms. The number of fused-ring (bicyclic) bond motifs is 1. The van der Waals surface area contributed by atoms with Crippen LogP contribution in [0.25, 0.3) is 10.1 Å². The molecule has 0 radical (unpaired) electrons. The van der Waals surface area contributed by atoms with Crippen LogP contribution in [-0.2, 0) is 4.74 Å². The van der Waals surface area contributed by atoms with Crippen LogP contribution in [0.5, 0.6) is 0 Å². The molecule has 2 heterocycles. The first-order valence-electron chi connectivity index (χ1n) is 7.54. The molecule has 0 fully saturated rings. The molecule has 0 atom stereocenters. The van der Waals surface area contributed by atoms with E-state index in [1.165, 1.54) is 28.7 Å². The fraction of sp³-hybridized carbons (Fsp3) is 0.118. The highest BCUT2D eigenvalue weighted by atomic mass is 35.5. The van der Waals surface area contributed by atoms with Gasteiger partial charge in [-0.05, 0) is 42.0 Å². The molecule has 2 N–H and O–H groups in total. The summed E-state index contributed by atoms with van der Waals surface area (Å²) in [5.41, 5.74) is 0.195. The standard InChI is InChI=1S/C17H13ClN2O4S2/c1-2-24-17(23)20-14(21)11-5-6-25-16(11)19-15(22)13-7-9-3-4-10(18)8-12(9)26-13/h3-8H,2H2,1H3,(H,19,22)(H,20,21,23). The Balaban J connectivity index is 1.76. The van der Waals surface area contributed by atoms with E-state index >= 15 is 0 Å². The number of hydrogen-bond donors (Lipinski definition) is 2. The summed E-state index contributed by atoms with van der Waals surface area (Å²) in [5.74, 6) is -0.974. The molecule has 0 saturated carbocycles. The van der Waals surface area contributed by atoms with Gasteiger partial charge in [0, 0.05) is 9.72 Å². The van der Waals surface area contributed by atoms with Crippen molar-refractivity contribution in [1.29, 1.82) is 0 Å². The van der Waals surface area contributed by atoms with Crippen molar-refractivity contribution >= 4 is 67.3 Å². The summed E-state index contributed by atoms with van der Waals surface area (Å²) in [4.78, 5) is 36.5. The summed E-state index contributed by atoms with van der Waals surface area (Å²) in [6, 6.07) is 8.68. The monoisotopic (exact) mass is 408 g/mol. The van der Waals surface area contributed by atoms with E-state index in [1.807, 2.05) is 6.07 Å². The summed E-state index contributed by atoms with van der Waals surface area (Å²) < 4.78 is 5.58. The Labute approximate surface area is 161 Å². The van der Waals surface area contributed by atoms with E-state index in [0.29, 0.717) is 14.9 Å². The molecule has 0 aliphatic rings. The normalized spacial score (nSPS) is 10.5. The fourth-order valence-corrected chi connectivity index (χ4v) is 4.21. The number of anilines is 1. The van der Waals surface area contributed by atoms with Crippen LogP contribution in [0, 0.1) is 0 Å². The third-order valence-corrected chi connectivity index (χ3v) is 5.50. The van der Waals surface area contributed by atoms with E-state index in [4.69, 9.17) is 11.6 Å². The Morgan fingerprint density at radius 1 is 1.15 bits per heavy atom. The second-order valence-corrected chi connectivity index (χ2v) is 7.52. The lowest BCUT2D eigenvalue weighted by atomic mass is 10.2. The quantitative estimate of drug-likeness (QED) is 0.652. The predicted molar refractivity (Wildman–Crippen MR) is 104 cm³/mol. The van der Waals surface area contributed by atoms with Crippen LogP contribution in [0.15, 0.2) is 35.7 Å². The summed E-state index contributed by atoms with van der Waals surface area (Å²) in [7, 11) is 0. The van der Waals surface area contributed by atoms with Gasteiger partial charge in [0.05, 0.1) is 17.0 Å². The van der Waals surface area contributed by atoms with Crippen molar-refractivity contribution in [3.63, 3.8) is 0 Å². The Kier molecular flexibility index (Phi) is 5.55. The van der Waals surface area contributed by atoms with E-state index in [1.54, 1.807) is 30.5 Å². The van der Waals surface area contributed by atoms with E-state index in [0.717, 1.165) is 10.1 Å². The van der Waals surface area contributed by atoms with Crippen molar-refractivity contribution < 1.29 is 19.1 Å². The van der Waals surface area contributed by atoms with Crippen LogP contribution in [0.1, 0.15) is 27.0 Å². The number of alkyl carbamates (subject to hydrolysis) is 1. The number of benzene rings is 1. The number of ether oxygens (including phenoxy) is 1. The van der Waals surface area contributed by atoms with Gasteiger partial charge in [0.15, 0.2) is 0 Å². The van der Waals surface area contributed by atoms with Gasteiger partial charge >= 0.3 is 6.09 Å². The minimum absolute atomic E-state index is 0.155. The molecule has 26 heavy (non-hydrogen) atoms. The summed E-state index contributed by atoms with van der Waals surface area (Å²) >= 11 is 8.46. The van der Waals surface area contributed by atoms with Gasteiger partial charge in [0.25, 0.3) is 11.8 Å². The molecule has 1 aromatic carbocycles. The molecule has 6 nitrogen and oxygen atoms in total. The lowest BCUT2D eigenvalue weighted by Gasteiger charge is -2.06. The Morgan fingerprint density at radius 2 is 1.96 bits per heavy atom. The van der Waals surface area contributed by atoms with E-state index in [9.17, 15) is 14.4 Å². The van der Waals surface area contributed by atoms with Crippen molar-refractivity contribution in [2.24, 2.45) is 0 Å². The van der Waals surface area contributed by atoms with Crippen molar-refractivity contribution in [2.75, 3.05) is 11.9 Å². The number of carbonyl (C=O) groups is 3. The number of halogens is 1. The highest BCUT2D eigenvalue weighted by Gasteiger charge is 2.19. The second-order valence-electron chi connectivity index (χ2n) is 5.08. The molecular weight excluding hydrogens is 396 g/mol. The molecule has 3 aromatic rings. The third kappa shape index (κ3) is 4.04. The Bertz CT molecular complexity index is 996. The molecule has 0 saturated heterocycles. The smallest absolute Gasteiger partial charge is 0.414 e. The molecule has 9 heteroatoms. The van der Waals surface area contributed by atoms with Crippen LogP contribution >= 0.6 is 34.3 Å². The summed E-state index contributed by atoms with van der Waals surface area (Å²) in [6.45, 7) is 1.79. The largest absolute Gasteiger partial charge is 0.450 e. The average Bonchev–Trinajstić information content (AvgIpc) is 3.21. The van der Waals surface area contributed by atoms with Crippen LogP contribution in [0.4, 0.5) is 9.80 Å². The van der Waals surface area contributed by atoms with Crippen LogP contribution < -0.4 is 10.6 Å². The molecule has 0 spiro atoms. The van der Waals surface area contributed by atoms with Gasteiger partial charge in [0.1, 0.15) is 5.00 Å². The lowest BCUT2D eigenvalue weighted by molar-refractivity contribution is 0.0926. The molecule has 0 unspecified atom stereocenters. The van der Waals surface area contributed by atoms with Crippen molar-refractivity contribution in [3.8, 4) is 0 Å². The van der Waals surface area contributed by atoms with Gasteiger partial charge in [-0.1, -0.05) is 17.7 Å². The average molecular weight is 409 g/mol. The van der Waals surface area contributed by atoms with Gasteiger partial charge in [0.2, 0.25) is 0 Å². The van der Waals surface area contributed by atoms with Gasteiger partial charge in [-0.25, -0.2) is 4.79 Å². The van der Waals surface area contributed by atoms with E-state index < -0.39 is 12.0 Å². The van der Waals surface area contributed by atoms with E-state index in [2.05, 4.69) is 15.4 Å². The molecule has 3 rings (SSSR count). The first kappa shape index (κ1) is 18.4. The van der Waals surface area contributed by atoms with Crippen molar-refractivity contribution in [2.45, 2.75) is 6.92 Å². The maximum absolute atomic E-state index is 12.5. The van der Waals surface area contributed by atoms with Crippen LogP contribution in [0.3, 0.4) is 0 Å². The molecule has 0 aliphatic carbocycles. The number of amides is 3. The minimum atomic E-state index is -0.831. The lowest BCUT2D eigenvalue weighted by Crippen LogP contribution is -2.31. The second kappa shape index (κ2) is 7.86. The Morgan fingerprint density at radius 3 is 2.73 bits per heavy atom. The zero-order valence-electron chi connectivity index (χ0n) is 13.5. The minimum Gasteiger partial charge on any atom is -0.450 e. The van der Waals surface area contributed by atoms with Crippen molar-refractivity contribution in [3.05, 3.63) is 51.2 Å². The van der Waals surface area contributed by atoms with Crippen molar-refractivity contribution in [1.82, 2.24) is 5.32 Å². The van der Waals surface area contributed by atoms with Crippen LogP contribution in [-0.4, -0.2) is 24.5 Å². The number of rotatable bonds is 4. The SMILES string of the molecule is CCOC(=O)NC(=O)c1ccsc1NC(=O)c1cc2ccc(Cl)cc2s1. The molecule has 0 aliphatic heterocycles. The summed E-state index contributed by atoms with van der Waals surface area (Å²) in [5, 5.41) is 8.34. The number of hydrogen-bond acceptors (Lipinski definition) is 6. The number of imide groups is 1. The summed E-state index contributed by atoms with van der Waals surface area (Å²) in [6.07, 6.45) is -0.831. The third-order valence-electron chi connectivity index (χ3n) is 3.33. The maximum Gasteiger partial charge on any atom is 0.414 e. The highest BCUT2D eigenvalue weighted by Crippen LogP contribution is 2.30. The molecule has 2 aromatic heterocycles. The fourth-order valence-electron chi connectivity index (χ4n) is 2.19. The van der Waals surface area contributed by atoms with Gasteiger partial charge in [-0.15, -0.1) is 22.7 Å². The van der Waals surface area contributed by atoms with E-state index in [-0.39, 0.29) is 18.1 Å². The maximum atomic E-state index is 12.5. The number of thiophene rings is 2. The first-order chi connectivity index (χ1) is 12.5. The zero-order chi connectivity index (χ0) is 18.7. The number of carbonyl (C=O) groups excluding carboxylic acids is 3. The molecule has 134 valence electrons. The molecular formula is C17H13ClN2O4S2. The molecule has 3 amide bonds. The van der Waals surface area contributed by atoms with Crippen LogP contribution in [0.2, 0.25) is 5.02 Å². The topological polar surface area (TPSA) is 84.5 Å². The number of nitrogens with one attached hydrogen (secondary N) is 2. The first-order valence-corrected chi connectivity index (χ1v) is 9.61. The van der Waals surface area contributed by atoms with Gasteiger partial charge < -0.3 is 10.1 Å². The Hall–Kier alpha value is -2.42. The highest BCUT2D eigenvalue weighted by molar-refractivity contribution is 7.21. The van der Waals surface area contributed by atoms with Gasteiger partial charge in [-0.2, -0.15) is 0 Å². The van der Waals surface area contributed by atoms with Gasteiger partial charge in [-0.3, -0.25) is 14.9 Å².